The van der Waals surface area contributed by atoms with Crippen LogP contribution >= 0.6 is 25.0 Å². The van der Waals surface area contributed by atoms with Crippen molar-refractivity contribution >= 4 is 46.2 Å². The first-order valence-corrected chi connectivity index (χ1v) is 7.13. The van der Waals surface area contributed by atoms with E-state index < -0.39 is 12.0 Å². The molecule has 0 saturated carbocycles. The number of carbonyl (C=O) groups is 1. The van der Waals surface area contributed by atoms with E-state index in [4.69, 9.17) is 5.11 Å². The summed E-state index contributed by atoms with van der Waals surface area (Å²) in [6, 6.07) is -0.468. The van der Waals surface area contributed by atoms with E-state index in [1.54, 1.807) is 0 Å². The van der Waals surface area contributed by atoms with E-state index in [0.29, 0.717) is 5.75 Å². The zero-order valence-corrected chi connectivity index (χ0v) is 11.7. The largest absolute Gasteiger partial charge is 0.147 e. The Morgan fingerprint density at radius 3 is 2.64 bits per heavy atom. The van der Waals surface area contributed by atoms with Crippen molar-refractivity contribution in [2.45, 2.75) is 37.5 Å². The molecule has 86 valence electrons. The fourth-order valence-corrected chi connectivity index (χ4v) is 3.06. The summed E-state index contributed by atoms with van der Waals surface area (Å²) in [5.74, 6) is -0.433. The molecular weight excluding hydrogens is 289 g/mol. The first kappa shape index (κ1) is 17.0. The molecule has 3 nitrogen and oxygen atoms in total. The number of halogens is 1. The molecule has 0 radical (unpaired) electrons. The summed E-state index contributed by atoms with van der Waals surface area (Å²) in [5.41, 5.74) is 0. The van der Waals surface area contributed by atoms with Crippen molar-refractivity contribution in [2.75, 3.05) is 5.75 Å². The third-order valence-corrected chi connectivity index (χ3v) is 3.90. The van der Waals surface area contributed by atoms with Crippen LogP contribution in [0.15, 0.2) is 0 Å². The van der Waals surface area contributed by atoms with Crippen LogP contribution in [0.5, 0.6) is 0 Å². The SMILES string of the molecule is CCCCC[Se]NC(CS)C(=O)O.Cl. The third kappa shape index (κ3) is 9.16. The van der Waals surface area contributed by atoms with Gasteiger partial charge in [-0.05, 0) is 0 Å². The predicted octanol–water partition coefficient (Wildman–Crippen LogP) is 1.61. The second-order valence-electron chi connectivity index (χ2n) is 2.75. The predicted molar refractivity (Wildman–Crippen MR) is 65.7 cm³/mol. The van der Waals surface area contributed by atoms with Crippen molar-refractivity contribution in [3.63, 3.8) is 0 Å². The summed E-state index contributed by atoms with van der Waals surface area (Å²) >= 11 is 4.22. The topological polar surface area (TPSA) is 49.3 Å². The van der Waals surface area contributed by atoms with Gasteiger partial charge in [0.25, 0.3) is 0 Å². The van der Waals surface area contributed by atoms with E-state index in [9.17, 15) is 4.79 Å². The van der Waals surface area contributed by atoms with Crippen LogP contribution in [-0.2, 0) is 4.79 Å². The monoisotopic (exact) mass is 307 g/mol. The normalized spacial score (nSPS) is 11.9. The molecule has 0 aromatic rings. The standard InChI is InChI=1S/C8H17NO2SSe.ClH/c1-2-3-4-5-13-9-7(6-12)8(10)11;/h7,9,12H,2-6H2,1H3,(H,10,11);1H. The molecule has 0 heterocycles. The minimum absolute atomic E-state index is 0. The maximum atomic E-state index is 10.5. The van der Waals surface area contributed by atoms with Crippen LogP contribution in [0.2, 0.25) is 5.32 Å². The quantitative estimate of drug-likeness (QED) is 0.363. The molecule has 1 unspecified atom stereocenters. The van der Waals surface area contributed by atoms with Gasteiger partial charge in [0.15, 0.2) is 0 Å². The van der Waals surface area contributed by atoms with E-state index in [-0.39, 0.29) is 27.6 Å². The number of unbranched alkanes of at least 4 members (excludes halogenated alkanes) is 2. The summed E-state index contributed by atoms with van der Waals surface area (Å²) in [4.78, 5) is 10.5. The molecule has 0 aromatic heterocycles. The molecule has 0 aliphatic carbocycles. The number of rotatable bonds is 8. The molecule has 1 atom stereocenters. The van der Waals surface area contributed by atoms with Gasteiger partial charge in [-0.1, -0.05) is 0 Å². The molecule has 0 amide bonds. The Balaban J connectivity index is 0. The number of nitrogens with one attached hydrogen (secondary N) is 1. The summed E-state index contributed by atoms with van der Waals surface area (Å²) in [6.07, 6.45) is 3.65. The molecular formula is C8H18ClNO2SSe. The molecule has 0 aromatic carbocycles. The van der Waals surface area contributed by atoms with Gasteiger partial charge in [-0.3, -0.25) is 0 Å². The zero-order chi connectivity index (χ0) is 10.1. The molecule has 14 heavy (non-hydrogen) atoms. The van der Waals surface area contributed by atoms with Crippen molar-refractivity contribution in [1.82, 2.24) is 4.33 Å². The molecule has 0 spiro atoms. The minimum atomic E-state index is -0.799. The van der Waals surface area contributed by atoms with Gasteiger partial charge in [0, 0.05) is 0 Å². The van der Waals surface area contributed by atoms with Crippen molar-refractivity contribution in [2.24, 2.45) is 0 Å². The second kappa shape index (κ2) is 11.7. The number of carboxylic acid groups (broad SMARTS) is 1. The van der Waals surface area contributed by atoms with E-state index in [1.807, 2.05) is 0 Å². The van der Waals surface area contributed by atoms with Crippen molar-refractivity contribution in [3.8, 4) is 0 Å². The maximum absolute atomic E-state index is 10.5. The molecule has 0 fully saturated rings. The molecule has 0 saturated heterocycles. The smallest absolute Gasteiger partial charge is 0.147 e. The van der Waals surface area contributed by atoms with Crippen LogP contribution < -0.4 is 4.33 Å². The van der Waals surface area contributed by atoms with Gasteiger partial charge in [-0.15, -0.1) is 12.4 Å². The van der Waals surface area contributed by atoms with Gasteiger partial charge in [0.05, 0.1) is 0 Å². The maximum Gasteiger partial charge on any atom is -0.147 e. The number of thiol groups is 1. The van der Waals surface area contributed by atoms with Gasteiger partial charge in [0.2, 0.25) is 0 Å². The summed E-state index contributed by atoms with van der Waals surface area (Å²) in [7, 11) is 0. The fourth-order valence-electron chi connectivity index (χ4n) is 0.750. The Labute approximate surface area is 104 Å². The Morgan fingerprint density at radius 2 is 2.21 bits per heavy atom. The second-order valence-corrected chi connectivity index (χ2v) is 5.07. The first-order chi connectivity index (χ1) is 6.22. The summed E-state index contributed by atoms with van der Waals surface area (Å²) in [5, 5.41) is 9.78. The average molecular weight is 307 g/mol. The zero-order valence-electron chi connectivity index (χ0n) is 8.23. The summed E-state index contributed by atoms with van der Waals surface area (Å²) in [6.45, 7) is 2.16. The minimum Gasteiger partial charge on any atom is -0.147 e. The van der Waals surface area contributed by atoms with E-state index in [2.05, 4.69) is 23.9 Å². The molecule has 0 aliphatic heterocycles. The van der Waals surface area contributed by atoms with E-state index in [0.717, 1.165) is 5.32 Å². The number of hydrogen-bond acceptors (Lipinski definition) is 3. The molecule has 6 heteroatoms. The Morgan fingerprint density at radius 1 is 1.57 bits per heavy atom. The van der Waals surface area contributed by atoms with Crippen molar-refractivity contribution in [1.29, 1.82) is 0 Å². The third-order valence-electron chi connectivity index (χ3n) is 1.56. The Kier molecular flexibility index (Phi) is 14.2. The summed E-state index contributed by atoms with van der Waals surface area (Å²) < 4.78 is 3.01. The van der Waals surface area contributed by atoms with Crippen LogP contribution in [0.4, 0.5) is 0 Å². The van der Waals surface area contributed by atoms with Crippen LogP contribution in [0.25, 0.3) is 0 Å². The molecule has 0 rings (SSSR count). The molecule has 0 aliphatic rings. The molecule has 0 bridgehead atoms. The Hall–Kier alpha value is 0.589. The van der Waals surface area contributed by atoms with Gasteiger partial charge in [0.1, 0.15) is 0 Å². The van der Waals surface area contributed by atoms with Gasteiger partial charge in [-0.2, -0.15) is 0 Å². The number of hydrogen-bond donors (Lipinski definition) is 3. The van der Waals surface area contributed by atoms with Gasteiger partial charge < -0.3 is 0 Å². The van der Waals surface area contributed by atoms with E-state index >= 15 is 0 Å². The first-order valence-electron chi connectivity index (χ1n) is 4.43. The van der Waals surface area contributed by atoms with Crippen LogP contribution in [0.3, 0.4) is 0 Å². The fraction of sp³-hybridized carbons (Fsp3) is 0.875. The number of aliphatic carboxylic acids is 1. The average Bonchev–Trinajstić information content (AvgIpc) is 2.10. The molecule has 2 N–H and O–H groups in total. The van der Waals surface area contributed by atoms with Crippen LogP contribution in [-0.4, -0.2) is 38.0 Å². The Bertz CT molecular complexity index is 151. The van der Waals surface area contributed by atoms with Crippen molar-refractivity contribution in [3.05, 3.63) is 0 Å². The van der Waals surface area contributed by atoms with Gasteiger partial charge in [-0.25, -0.2) is 0 Å². The van der Waals surface area contributed by atoms with Crippen molar-refractivity contribution < 1.29 is 9.90 Å². The number of carboxylic acids is 1. The van der Waals surface area contributed by atoms with Crippen LogP contribution in [0, 0.1) is 0 Å². The van der Waals surface area contributed by atoms with Gasteiger partial charge >= 0.3 is 91.3 Å². The van der Waals surface area contributed by atoms with Crippen LogP contribution in [0.1, 0.15) is 26.2 Å². The van der Waals surface area contributed by atoms with E-state index in [1.165, 1.54) is 19.3 Å².